The van der Waals surface area contributed by atoms with E-state index in [2.05, 4.69) is 31.7 Å². The summed E-state index contributed by atoms with van der Waals surface area (Å²) in [7, 11) is 2.22. The van der Waals surface area contributed by atoms with E-state index in [1.54, 1.807) is 0 Å². The van der Waals surface area contributed by atoms with Crippen molar-refractivity contribution in [2.45, 2.75) is 51.1 Å². The van der Waals surface area contributed by atoms with Gasteiger partial charge in [-0.1, -0.05) is 0 Å². The monoisotopic (exact) mass is 359 g/mol. The first-order chi connectivity index (χ1) is 12.7. The van der Waals surface area contributed by atoms with Gasteiger partial charge >= 0.3 is 0 Å². The predicted octanol–water partition coefficient (Wildman–Crippen LogP) is 1.75. The van der Waals surface area contributed by atoms with Gasteiger partial charge in [0.25, 0.3) is 0 Å². The van der Waals surface area contributed by atoms with Gasteiger partial charge in [-0.15, -0.1) is 0 Å². The van der Waals surface area contributed by atoms with Crippen molar-refractivity contribution in [2.75, 3.05) is 51.3 Å². The van der Waals surface area contributed by atoms with Gasteiger partial charge in [0.2, 0.25) is 5.95 Å². The zero-order valence-corrected chi connectivity index (χ0v) is 16.1. The van der Waals surface area contributed by atoms with E-state index in [-0.39, 0.29) is 5.41 Å². The molecule has 1 aromatic rings. The van der Waals surface area contributed by atoms with Crippen molar-refractivity contribution in [1.82, 2.24) is 19.8 Å². The molecule has 4 heterocycles. The van der Waals surface area contributed by atoms with Gasteiger partial charge < -0.3 is 14.9 Å². The molecule has 26 heavy (non-hydrogen) atoms. The molecule has 1 N–H and O–H groups in total. The second kappa shape index (κ2) is 7.79. The molecule has 0 amide bonds. The minimum atomic E-state index is 0.109. The summed E-state index contributed by atoms with van der Waals surface area (Å²) in [5, 5.41) is 10.1. The largest absolute Gasteiger partial charge is 0.396 e. The number of piperidine rings is 3. The van der Waals surface area contributed by atoms with Crippen LogP contribution in [0.3, 0.4) is 0 Å². The Balaban J connectivity index is 1.38. The lowest BCUT2D eigenvalue weighted by atomic mass is 9.69. The Morgan fingerprint density at radius 3 is 2.54 bits per heavy atom. The average Bonchev–Trinajstić information content (AvgIpc) is 2.70. The van der Waals surface area contributed by atoms with Gasteiger partial charge in [0, 0.05) is 55.6 Å². The quantitative estimate of drug-likeness (QED) is 0.884. The number of anilines is 1. The smallest absolute Gasteiger partial charge is 0.225 e. The van der Waals surface area contributed by atoms with Crippen LogP contribution >= 0.6 is 0 Å². The maximum absolute atomic E-state index is 10.1. The van der Waals surface area contributed by atoms with Crippen molar-refractivity contribution in [1.29, 1.82) is 0 Å². The van der Waals surface area contributed by atoms with E-state index in [4.69, 9.17) is 0 Å². The fourth-order valence-electron chi connectivity index (χ4n) is 5.16. The number of aliphatic hydroxyl groups excluding tert-OH is 1. The highest BCUT2D eigenvalue weighted by molar-refractivity contribution is 5.30. The Morgan fingerprint density at radius 2 is 1.81 bits per heavy atom. The summed E-state index contributed by atoms with van der Waals surface area (Å²) >= 11 is 0. The molecular formula is C20H33N5O. The van der Waals surface area contributed by atoms with Gasteiger partial charge in [-0.05, 0) is 58.7 Å². The number of hydrogen-bond donors (Lipinski definition) is 1. The van der Waals surface area contributed by atoms with E-state index in [0.717, 1.165) is 51.6 Å². The molecule has 0 unspecified atom stereocenters. The number of likely N-dealkylation sites (tertiary alicyclic amines) is 2. The van der Waals surface area contributed by atoms with Crippen LogP contribution in [-0.2, 0) is 6.54 Å². The van der Waals surface area contributed by atoms with Crippen molar-refractivity contribution in [3.05, 3.63) is 18.0 Å². The molecule has 3 aliphatic rings. The van der Waals surface area contributed by atoms with Gasteiger partial charge in [0.05, 0.1) is 6.61 Å². The lowest BCUT2D eigenvalue weighted by Gasteiger charge is -2.53. The summed E-state index contributed by atoms with van der Waals surface area (Å²) < 4.78 is 0. The molecule has 2 atom stereocenters. The zero-order chi connectivity index (χ0) is 18.0. The normalized spacial score (nSPS) is 31.0. The van der Waals surface area contributed by atoms with Gasteiger partial charge in [-0.2, -0.15) is 0 Å². The Bertz CT molecular complexity index is 588. The molecule has 0 spiro atoms. The third-order valence-corrected chi connectivity index (χ3v) is 6.83. The van der Waals surface area contributed by atoms with Crippen LogP contribution in [-0.4, -0.2) is 77.3 Å². The lowest BCUT2D eigenvalue weighted by Crippen LogP contribution is -2.61. The van der Waals surface area contributed by atoms with Gasteiger partial charge in [0.1, 0.15) is 0 Å². The average molecular weight is 360 g/mol. The standard InChI is InChI=1S/C20H33N5O/c1-23-8-5-6-20(16-26)7-11-24(15-18(20)23)14-17-12-21-19(22-13-17)25-9-3-2-4-10-25/h12-13,18,26H,2-11,14-16H2,1H3/t18-,20-/m1/s1. The minimum absolute atomic E-state index is 0.109. The number of aliphatic hydroxyl groups is 1. The molecule has 3 fully saturated rings. The molecule has 0 aromatic carbocycles. The molecule has 6 heteroatoms. The highest BCUT2D eigenvalue weighted by atomic mass is 16.3. The van der Waals surface area contributed by atoms with E-state index in [9.17, 15) is 5.11 Å². The van der Waals surface area contributed by atoms with Crippen LogP contribution in [0.15, 0.2) is 12.4 Å². The fourth-order valence-corrected chi connectivity index (χ4v) is 5.16. The number of rotatable bonds is 4. The second-order valence-electron chi connectivity index (χ2n) is 8.54. The Morgan fingerprint density at radius 1 is 1.04 bits per heavy atom. The maximum atomic E-state index is 10.1. The summed E-state index contributed by atoms with van der Waals surface area (Å²) in [5.74, 6) is 0.887. The van der Waals surface area contributed by atoms with Crippen molar-refractivity contribution in [3.63, 3.8) is 0 Å². The molecule has 144 valence electrons. The molecule has 0 saturated carbocycles. The highest BCUT2D eigenvalue weighted by Gasteiger charge is 2.46. The Labute approximate surface area is 157 Å². The van der Waals surface area contributed by atoms with E-state index in [1.807, 2.05) is 12.4 Å². The second-order valence-corrected chi connectivity index (χ2v) is 8.54. The first-order valence-corrected chi connectivity index (χ1v) is 10.3. The van der Waals surface area contributed by atoms with E-state index < -0.39 is 0 Å². The van der Waals surface area contributed by atoms with Crippen LogP contribution in [0.25, 0.3) is 0 Å². The van der Waals surface area contributed by atoms with Gasteiger partial charge in [-0.25, -0.2) is 9.97 Å². The van der Waals surface area contributed by atoms with Crippen LogP contribution in [0.5, 0.6) is 0 Å². The maximum Gasteiger partial charge on any atom is 0.225 e. The number of hydrogen-bond acceptors (Lipinski definition) is 6. The minimum Gasteiger partial charge on any atom is -0.396 e. The predicted molar refractivity (Wildman–Crippen MR) is 103 cm³/mol. The summed E-state index contributed by atoms with van der Waals surface area (Å²) in [6, 6.07) is 0.462. The van der Waals surface area contributed by atoms with Crippen LogP contribution in [0.4, 0.5) is 5.95 Å². The summed E-state index contributed by atoms with van der Waals surface area (Å²) in [6.45, 7) is 6.64. The summed E-state index contributed by atoms with van der Waals surface area (Å²) in [6.07, 6.45) is 11.3. The van der Waals surface area contributed by atoms with E-state index >= 15 is 0 Å². The fraction of sp³-hybridized carbons (Fsp3) is 0.800. The lowest BCUT2D eigenvalue weighted by molar-refractivity contribution is -0.0684. The van der Waals surface area contributed by atoms with Crippen LogP contribution in [0.2, 0.25) is 0 Å². The zero-order valence-electron chi connectivity index (χ0n) is 16.1. The first kappa shape index (κ1) is 18.1. The molecule has 1 aromatic heterocycles. The van der Waals surface area contributed by atoms with Crippen LogP contribution < -0.4 is 4.90 Å². The van der Waals surface area contributed by atoms with Crippen LogP contribution in [0, 0.1) is 5.41 Å². The van der Waals surface area contributed by atoms with Crippen molar-refractivity contribution < 1.29 is 5.11 Å². The third-order valence-electron chi connectivity index (χ3n) is 6.83. The summed E-state index contributed by atoms with van der Waals surface area (Å²) in [4.78, 5) is 16.5. The van der Waals surface area contributed by atoms with Crippen molar-refractivity contribution >= 4 is 5.95 Å². The first-order valence-electron chi connectivity index (χ1n) is 10.3. The van der Waals surface area contributed by atoms with Gasteiger partial charge in [-0.3, -0.25) is 4.90 Å². The molecule has 3 saturated heterocycles. The molecule has 0 bridgehead atoms. The molecule has 0 radical (unpaired) electrons. The molecule has 3 aliphatic heterocycles. The van der Waals surface area contributed by atoms with E-state index in [1.165, 1.54) is 37.7 Å². The SMILES string of the molecule is CN1CCC[C@]2(CO)CCN(Cc3cnc(N4CCCCC4)nc3)C[C@@H]12. The summed E-state index contributed by atoms with van der Waals surface area (Å²) in [5.41, 5.74) is 1.30. The molecule has 6 nitrogen and oxygen atoms in total. The number of nitrogens with zero attached hydrogens (tertiary/aromatic N) is 5. The van der Waals surface area contributed by atoms with Crippen molar-refractivity contribution in [3.8, 4) is 0 Å². The third kappa shape index (κ3) is 3.59. The number of fused-ring (bicyclic) bond motifs is 1. The molecule has 4 rings (SSSR count). The van der Waals surface area contributed by atoms with Gasteiger partial charge in [0.15, 0.2) is 0 Å². The Kier molecular flexibility index (Phi) is 5.43. The van der Waals surface area contributed by atoms with Crippen LogP contribution in [0.1, 0.15) is 44.1 Å². The van der Waals surface area contributed by atoms with E-state index in [0.29, 0.717) is 12.6 Å². The highest BCUT2D eigenvalue weighted by Crippen LogP contribution is 2.41. The van der Waals surface area contributed by atoms with Crippen molar-refractivity contribution in [2.24, 2.45) is 5.41 Å². The number of aromatic nitrogens is 2. The number of likely N-dealkylation sites (N-methyl/N-ethyl adjacent to an activating group) is 1. The Hall–Kier alpha value is -1.24. The topological polar surface area (TPSA) is 55.7 Å². The molecule has 0 aliphatic carbocycles. The molecular weight excluding hydrogens is 326 g/mol.